The van der Waals surface area contributed by atoms with Crippen LogP contribution in [0, 0.1) is 11.8 Å². The summed E-state index contributed by atoms with van der Waals surface area (Å²) in [4.78, 5) is 44.4. The van der Waals surface area contributed by atoms with Crippen LogP contribution in [0.4, 0.5) is 0 Å². The first-order valence-corrected chi connectivity index (χ1v) is 18.1. The Labute approximate surface area is 302 Å². The van der Waals surface area contributed by atoms with E-state index in [1.807, 2.05) is 71.8 Å². The smallest absolute Gasteiger partial charge is 0.333 e. The number of ether oxygens (including phenoxy) is 4. The molecule has 1 aromatic carbocycles. The van der Waals surface area contributed by atoms with Crippen LogP contribution in [-0.4, -0.2) is 77.2 Å². The number of hydrogen-bond donors (Lipinski definition) is 1. The van der Waals surface area contributed by atoms with Gasteiger partial charge in [-0.15, -0.1) is 0 Å². The van der Waals surface area contributed by atoms with Crippen LogP contribution in [0.1, 0.15) is 103 Å². The SMILES string of the molecule is CC(C)=CCCC1(C)C=Cc2c(O)c3c(c(CC=C(C)C)c2O1)OC12C(=CC4CC1C(C)(C)OC2(CC=C(C)C(=O)OCCN(C)C)C4=O)C3=O. The molecule has 0 radical (unpaired) electrons. The number of likely N-dealkylation sites (N-methyl/N-ethyl adjacent to an activating group) is 1. The summed E-state index contributed by atoms with van der Waals surface area (Å²) >= 11 is 0. The highest BCUT2D eigenvalue weighted by Gasteiger charge is 2.81. The standard InChI is InChI=1S/C42H53NO8/c1-24(2)12-11-17-40(8)18-16-28-33(44)32-34(45)30-22-27-23-31-39(6,7)51-41(37(27)46,19-15-26(5)38(47)48-21-20-43(9)10)42(30,31)50-36(32)29(35(28)49-40)14-13-25(3)4/h12-13,15-16,18,22,27,31,44H,11,14,17,19-21,23H2,1-10H3. The van der Waals surface area contributed by atoms with E-state index in [1.54, 1.807) is 19.1 Å². The Kier molecular flexibility index (Phi) is 9.33. The van der Waals surface area contributed by atoms with Gasteiger partial charge in [-0.25, -0.2) is 4.79 Å². The number of carbonyl (C=O) groups excluding carboxylic acids is 3. The van der Waals surface area contributed by atoms with Crippen LogP contribution in [0.3, 0.4) is 0 Å². The fraction of sp³-hybridized carbons (Fsp3) is 0.548. The van der Waals surface area contributed by atoms with Crippen LogP contribution in [0.5, 0.6) is 17.2 Å². The lowest BCUT2D eigenvalue weighted by molar-refractivity contribution is -0.171. The molecule has 1 saturated heterocycles. The number of fused-ring (bicyclic) bond motifs is 2. The van der Waals surface area contributed by atoms with Crippen LogP contribution in [0.15, 0.2) is 52.7 Å². The molecular weight excluding hydrogens is 646 g/mol. The van der Waals surface area contributed by atoms with E-state index in [9.17, 15) is 19.5 Å². The van der Waals surface area contributed by atoms with Gasteiger partial charge in [0.2, 0.25) is 0 Å². The minimum absolute atomic E-state index is 0.0126. The zero-order chi connectivity index (χ0) is 37.3. The average molecular weight is 700 g/mol. The van der Waals surface area contributed by atoms with Crippen LogP contribution in [-0.2, 0) is 25.5 Å². The number of allylic oxidation sites excluding steroid dienone is 5. The lowest BCUT2D eigenvalue weighted by Crippen LogP contribution is -2.72. The van der Waals surface area contributed by atoms with Crippen molar-refractivity contribution >= 4 is 23.6 Å². The summed E-state index contributed by atoms with van der Waals surface area (Å²) in [5.74, 6) is -1.47. The molecule has 3 heterocycles. The fourth-order valence-electron chi connectivity index (χ4n) is 8.60. The molecule has 3 aliphatic carbocycles. The van der Waals surface area contributed by atoms with E-state index in [0.717, 1.165) is 12.0 Å². The third-order valence-corrected chi connectivity index (χ3v) is 11.2. The Morgan fingerprint density at radius 2 is 1.73 bits per heavy atom. The number of benzene rings is 1. The second kappa shape index (κ2) is 12.9. The molecule has 7 rings (SSSR count). The molecule has 9 nitrogen and oxygen atoms in total. The Hall–Kier alpha value is -3.95. The van der Waals surface area contributed by atoms with Gasteiger partial charge in [-0.05, 0) is 107 Å². The number of Topliss-reactive ketones (excluding diaryl/α,β-unsaturated/α-hetero) is 2. The van der Waals surface area contributed by atoms with Crippen LogP contribution >= 0.6 is 0 Å². The van der Waals surface area contributed by atoms with E-state index in [-0.39, 0.29) is 47.6 Å². The van der Waals surface area contributed by atoms with Gasteiger partial charge in [-0.2, -0.15) is 0 Å². The van der Waals surface area contributed by atoms with Crippen molar-refractivity contribution in [3.05, 3.63) is 69.4 Å². The maximum atomic E-state index is 14.9. The summed E-state index contributed by atoms with van der Waals surface area (Å²) in [6, 6.07) is 0. The van der Waals surface area contributed by atoms with E-state index in [2.05, 4.69) is 19.9 Å². The van der Waals surface area contributed by atoms with E-state index < -0.39 is 34.3 Å². The molecule has 1 N–H and O–H groups in total. The highest BCUT2D eigenvalue weighted by atomic mass is 16.6. The van der Waals surface area contributed by atoms with Gasteiger partial charge in [0.1, 0.15) is 35.0 Å². The Morgan fingerprint density at radius 3 is 2.39 bits per heavy atom. The fourth-order valence-corrected chi connectivity index (χ4v) is 8.60. The van der Waals surface area contributed by atoms with Gasteiger partial charge >= 0.3 is 5.97 Å². The third kappa shape index (κ3) is 5.90. The first-order valence-electron chi connectivity index (χ1n) is 18.1. The van der Waals surface area contributed by atoms with E-state index in [4.69, 9.17) is 18.9 Å². The Morgan fingerprint density at radius 1 is 1.02 bits per heavy atom. The van der Waals surface area contributed by atoms with Crippen LogP contribution in [0.2, 0.25) is 0 Å². The maximum absolute atomic E-state index is 14.9. The highest BCUT2D eigenvalue weighted by Crippen LogP contribution is 2.68. The second-order valence-electron chi connectivity index (χ2n) is 16.4. The second-order valence-corrected chi connectivity index (χ2v) is 16.4. The van der Waals surface area contributed by atoms with Crippen molar-refractivity contribution in [2.45, 2.75) is 110 Å². The molecule has 9 heteroatoms. The number of esters is 1. The molecular formula is C42H53NO8. The van der Waals surface area contributed by atoms with Crippen molar-refractivity contribution in [3.63, 3.8) is 0 Å². The summed E-state index contributed by atoms with van der Waals surface area (Å²) in [5.41, 5.74) is -0.484. The molecule has 5 atom stereocenters. The predicted octanol–water partition coefficient (Wildman–Crippen LogP) is 7.26. The van der Waals surface area contributed by atoms with Crippen molar-refractivity contribution in [1.82, 2.24) is 4.90 Å². The largest absolute Gasteiger partial charge is 0.506 e. The van der Waals surface area contributed by atoms with Gasteiger partial charge in [0.15, 0.2) is 22.8 Å². The van der Waals surface area contributed by atoms with Crippen molar-refractivity contribution < 1.29 is 38.4 Å². The van der Waals surface area contributed by atoms with Crippen molar-refractivity contribution in [2.75, 3.05) is 27.2 Å². The van der Waals surface area contributed by atoms with Crippen molar-refractivity contribution in [1.29, 1.82) is 0 Å². The molecule has 51 heavy (non-hydrogen) atoms. The summed E-state index contributed by atoms with van der Waals surface area (Å²) in [6.07, 6.45) is 13.8. The zero-order valence-electron chi connectivity index (χ0n) is 31.8. The lowest BCUT2D eigenvalue weighted by atomic mass is 9.51. The van der Waals surface area contributed by atoms with E-state index in [0.29, 0.717) is 53.8 Å². The first kappa shape index (κ1) is 36.8. The van der Waals surface area contributed by atoms with Crippen molar-refractivity contribution in [2.24, 2.45) is 11.8 Å². The normalized spacial score (nSPS) is 29.4. The predicted molar refractivity (Wildman–Crippen MR) is 196 cm³/mol. The van der Waals surface area contributed by atoms with E-state index >= 15 is 0 Å². The molecule has 274 valence electrons. The molecule has 1 spiro atoms. The third-order valence-electron chi connectivity index (χ3n) is 11.2. The van der Waals surface area contributed by atoms with Gasteiger partial charge in [0.05, 0.1) is 11.2 Å². The molecule has 6 aliphatic rings. The Bertz CT molecular complexity index is 1830. The number of rotatable bonds is 11. The van der Waals surface area contributed by atoms with Crippen LogP contribution < -0.4 is 9.47 Å². The summed E-state index contributed by atoms with van der Waals surface area (Å²) in [5, 5.41) is 11.9. The molecule has 1 aromatic rings. The van der Waals surface area contributed by atoms with E-state index in [1.165, 1.54) is 5.57 Å². The molecule has 1 saturated carbocycles. The Balaban J connectivity index is 1.50. The lowest BCUT2D eigenvalue weighted by Gasteiger charge is -2.56. The van der Waals surface area contributed by atoms with Gasteiger partial charge in [0, 0.05) is 41.5 Å². The maximum Gasteiger partial charge on any atom is 0.333 e. The first-order chi connectivity index (χ1) is 23.9. The minimum atomic E-state index is -1.59. The van der Waals surface area contributed by atoms with Gasteiger partial charge in [-0.1, -0.05) is 35.5 Å². The summed E-state index contributed by atoms with van der Waals surface area (Å²) < 4.78 is 26.4. The highest BCUT2D eigenvalue weighted by molar-refractivity contribution is 6.19. The number of ketones is 2. The van der Waals surface area contributed by atoms with Crippen molar-refractivity contribution in [3.8, 4) is 17.2 Å². The number of hydrogen-bond acceptors (Lipinski definition) is 9. The summed E-state index contributed by atoms with van der Waals surface area (Å²) in [6.45, 7) is 16.5. The number of carbonyl (C=O) groups is 3. The molecule has 3 aliphatic heterocycles. The number of phenols is 1. The van der Waals surface area contributed by atoms with Gasteiger partial charge in [-0.3, -0.25) is 9.59 Å². The average Bonchev–Trinajstić information content (AvgIpc) is 3.19. The van der Waals surface area contributed by atoms with Gasteiger partial charge in [0.25, 0.3) is 0 Å². The molecule has 4 bridgehead atoms. The number of phenolic OH excluding ortho intramolecular Hbond substituents is 1. The molecule has 0 amide bonds. The minimum Gasteiger partial charge on any atom is -0.506 e. The molecule has 0 aromatic heterocycles. The topological polar surface area (TPSA) is 112 Å². The number of aromatic hydroxyl groups is 1. The molecule has 2 fully saturated rings. The number of nitrogens with zero attached hydrogens (tertiary/aromatic N) is 1. The summed E-state index contributed by atoms with van der Waals surface area (Å²) in [7, 11) is 3.80. The zero-order valence-corrected chi connectivity index (χ0v) is 31.8. The monoisotopic (exact) mass is 699 g/mol. The quantitative estimate of drug-likeness (QED) is 0.145. The van der Waals surface area contributed by atoms with Gasteiger partial charge < -0.3 is 29.0 Å². The molecule has 5 unspecified atom stereocenters. The van der Waals surface area contributed by atoms with Crippen LogP contribution in [0.25, 0.3) is 6.08 Å².